The molecule has 0 atom stereocenters. The van der Waals surface area contributed by atoms with E-state index < -0.39 is 0 Å². The first-order valence-electron chi connectivity index (χ1n) is 5.30. The van der Waals surface area contributed by atoms with Gasteiger partial charge in [0.2, 0.25) is 0 Å². The molecule has 0 radical (unpaired) electrons. The molecule has 1 aromatic rings. The van der Waals surface area contributed by atoms with Crippen molar-refractivity contribution in [2.24, 2.45) is 7.05 Å². The zero-order chi connectivity index (χ0) is 12.1. The molecule has 90 valence electrons. The summed E-state index contributed by atoms with van der Waals surface area (Å²) >= 11 is 0. The Labute approximate surface area is 96.0 Å². The van der Waals surface area contributed by atoms with Crippen LogP contribution in [0.15, 0.2) is 0 Å². The topological polar surface area (TPSA) is 47.4 Å². The van der Waals surface area contributed by atoms with E-state index in [1.807, 2.05) is 25.9 Å². The highest BCUT2D eigenvalue weighted by Gasteiger charge is 2.15. The zero-order valence-electron chi connectivity index (χ0n) is 10.4. The number of aldehydes is 1. The Morgan fingerprint density at radius 2 is 2.25 bits per heavy atom. The van der Waals surface area contributed by atoms with Crippen LogP contribution in [0.4, 0.5) is 5.82 Å². The molecule has 1 aromatic heterocycles. The molecule has 1 rings (SSSR count). The molecule has 0 unspecified atom stereocenters. The predicted molar refractivity (Wildman–Crippen MR) is 63.1 cm³/mol. The SMILES string of the molecule is COCCCN(C)c1c(C=O)c(C)nn1C. The first-order chi connectivity index (χ1) is 7.61. The van der Waals surface area contributed by atoms with Crippen molar-refractivity contribution in [3.8, 4) is 0 Å². The van der Waals surface area contributed by atoms with E-state index in [0.717, 1.165) is 37.4 Å². The molecule has 0 bridgehead atoms. The zero-order valence-corrected chi connectivity index (χ0v) is 10.4. The second-order valence-corrected chi connectivity index (χ2v) is 3.83. The Morgan fingerprint density at radius 1 is 1.56 bits per heavy atom. The average Bonchev–Trinajstić information content (AvgIpc) is 2.53. The summed E-state index contributed by atoms with van der Waals surface area (Å²) in [6, 6.07) is 0. The lowest BCUT2D eigenvalue weighted by atomic mass is 10.2. The number of methoxy groups -OCH3 is 1. The van der Waals surface area contributed by atoms with Crippen LogP contribution in [0.25, 0.3) is 0 Å². The minimum Gasteiger partial charge on any atom is -0.385 e. The average molecular weight is 225 g/mol. The molecular formula is C11H19N3O2. The number of aromatic nitrogens is 2. The fourth-order valence-electron chi connectivity index (χ4n) is 1.80. The highest BCUT2D eigenvalue weighted by atomic mass is 16.5. The van der Waals surface area contributed by atoms with Gasteiger partial charge >= 0.3 is 0 Å². The van der Waals surface area contributed by atoms with Crippen molar-refractivity contribution in [2.45, 2.75) is 13.3 Å². The lowest BCUT2D eigenvalue weighted by Gasteiger charge is -2.19. The van der Waals surface area contributed by atoms with Gasteiger partial charge in [0.25, 0.3) is 0 Å². The monoisotopic (exact) mass is 225 g/mol. The molecule has 0 fully saturated rings. The van der Waals surface area contributed by atoms with Crippen molar-refractivity contribution in [3.63, 3.8) is 0 Å². The Bertz CT molecular complexity index is 360. The van der Waals surface area contributed by atoms with E-state index in [-0.39, 0.29) is 0 Å². The molecule has 5 heteroatoms. The summed E-state index contributed by atoms with van der Waals surface area (Å²) in [4.78, 5) is 13.0. The molecule has 0 spiro atoms. The molecule has 5 nitrogen and oxygen atoms in total. The largest absolute Gasteiger partial charge is 0.385 e. The summed E-state index contributed by atoms with van der Waals surface area (Å²) in [6.45, 7) is 3.40. The van der Waals surface area contributed by atoms with Crippen molar-refractivity contribution in [2.75, 3.05) is 32.2 Å². The Kier molecular flexibility index (Phi) is 4.49. The van der Waals surface area contributed by atoms with E-state index in [9.17, 15) is 4.79 Å². The molecule has 1 heterocycles. The fraction of sp³-hybridized carbons (Fsp3) is 0.636. The van der Waals surface area contributed by atoms with Crippen LogP contribution >= 0.6 is 0 Å². The van der Waals surface area contributed by atoms with Crippen LogP contribution in [0, 0.1) is 6.92 Å². The van der Waals surface area contributed by atoms with E-state index in [1.165, 1.54) is 0 Å². The summed E-state index contributed by atoms with van der Waals surface area (Å²) in [5, 5.41) is 4.24. The lowest BCUT2D eigenvalue weighted by molar-refractivity contribution is 0.112. The van der Waals surface area contributed by atoms with Crippen molar-refractivity contribution < 1.29 is 9.53 Å². The summed E-state index contributed by atoms with van der Waals surface area (Å²) in [5.41, 5.74) is 1.44. The van der Waals surface area contributed by atoms with Gasteiger partial charge < -0.3 is 9.64 Å². The Hall–Kier alpha value is -1.36. The number of nitrogens with zero attached hydrogens (tertiary/aromatic N) is 3. The molecule has 0 aliphatic rings. The van der Waals surface area contributed by atoms with E-state index in [0.29, 0.717) is 5.56 Å². The Balaban J connectivity index is 2.81. The van der Waals surface area contributed by atoms with Crippen molar-refractivity contribution >= 4 is 12.1 Å². The van der Waals surface area contributed by atoms with Crippen LogP contribution in [-0.2, 0) is 11.8 Å². The van der Waals surface area contributed by atoms with Crippen molar-refractivity contribution in [3.05, 3.63) is 11.3 Å². The number of anilines is 1. The number of carbonyl (C=O) groups is 1. The van der Waals surface area contributed by atoms with Gasteiger partial charge in [-0.1, -0.05) is 0 Å². The highest BCUT2D eigenvalue weighted by molar-refractivity contribution is 5.84. The van der Waals surface area contributed by atoms with Gasteiger partial charge in [0.1, 0.15) is 5.82 Å². The van der Waals surface area contributed by atoms with Crippen LogP contribution in [0.3, 0.4) is 0 Å². The smallest absolute Gasteiger partial charge is 0.155 e. The second-order valence-electron chi connectivity index (χ2n) is 3.83. The van der Waals surface area contributed by atoms with E-state index in [4.69, 9.17) is 4.74 Å². The third-order valence-corrected chi connectivity index (χ3v) is 2.56. The van der Waals surface area contributed by atoms with Crippen molar-refractivity contribution in [1.82, 2.24) is 9.78 Å². The minimum atomic E-state index is 0.669. The first kappa shape index (κ1) is 12.7. The summed E-state index contributed by atoms with van der Waals surface area (Å²) in [5.74, 6) is 0.864. The van der Waals surface area contributed by atoms with Gasteiger partial charge in [0, 0.05) is 34.4 Å². The molecule has 0 aliphatic carbocycles. The second kappa shape index (κ2) is 5.65. The Morgan fingerprint density at radius 3 is 2.81 bits per heavy atom. The van der Waals surface area contributed by atoms with Gasteiger partial charge in [-0.15, -0.1) is 0 Å². The molecule has 0 aliphatic heterocycles. The number of rotatable bonds is 6. The third-order valence-electron chi connectivity index (χ3n) is 2.56. The standard InChI is InChI=1S/C11H19N3O2/c1-9-10(8-15)11(14(3)12-9)13(2)6-5-7-16-4/h8H,5-7H2,1-4H3. The molecule has 0 N–H and O–H groups in total. The van der Waals surface area contributed by atoms with Gasteiger partial charge in [-0.2, -0.15) is 5.10 Å². The maximum atomic E-state index is 11.0. The molecule has 0 aromatic carbocycles. The van der Waals surface area contributed by atoms with Gasteiger partial charge in [-0.05, 0) is 13.3 Å². The summed E-state index contributed by atoms with van der Waals surface area (Å²) < 4.78 is 6.74. The third kappa shape index (κ3) is 2.61. The predicted octanol–water partition coefficient (Wildman–Crippen LogP) is 1.01. The number of ether oxygens (including phenoxy) is 1. The quantitative estimate of drug-likeness (QED) is 0.535. The maximum absolute atomic E-state index is 11.0. The van der Waals surface area contributed by atoms with Gasteiger partial charge in [-0.3, -0.25) is 9.48 Å². The van der Waals surface area contributed by atoms with E-state index >= 15 is 0 Å². The van der Waals surface area contributed by atoms with Crippen LogP contribution in [0.1, 0.15) is 22.5 Å². The highest BCUT2D eigenvalue weighted by Crippen LogP contribution is 2.20. The maximum Gasteiger partial charge on any atom is 0.155 e. The number of carbonyl (C=O) groups excluding carboxylic acids is 1. The number of hydrogen-bond donors (Lipinski definition) is 0. The molecule has 0 amide bonds. The molecular weight excluding hydrogens is 206 g/mol. The van der Waals surface area contributed by atoms with Crippen molar-refractivity contribution in [1.29, 1.82) is 0 Å². The van der Waals surface area contributed by atoms with Crippen LogP contribution in [-0.4, -0.2) is 43.4 Å². The number of aryl methyl sites for hydroxylation is 2. The van der Waals surface area contributed by atoms with Gasteiger partial charge in [-0.25, -0.2) is 0 Å². The van der Waals surface area contributed by atoms with Gasteiger partial charge in [0.05, 0.1) is 11.3 Å². The normalized spacial score (nSPS) is 10.5. The van der Waals surface area contributed by atoms with E-state index in [2.05, 4.69) is 5.10 Å². The van der Waals surface area contributed by atoms with E-state index in [1.54, 1.807) is 11.8 Å². The molecule has 16 heavy (non-hydrogen) atoms. The van der Waals surface area contributed by atoms with Gasteiger partial charge in [0.15, 0.2) is 6.29 Å². The number of hydrogen-bond acceptors (Lipinski definition) is 4. The molecule has 0 saturated carbocycles. The van der Waals surface area contributed by atoms with Crippen LogP contribution in [0.2, 0.25) is 0 Å². The van der Waals surface area contributed by atoms with Crippen LogP contribution in [0.5, 0.6) is 0 Å². The summed E-state index contributed by atoms with van der Waals surface area (Å²) in [6.07, 6.45) is 1.79. The fourth-order valence-corrected chi connectivity index (χ4v) is 1.80. The molecule has 0 saturated heterocycles. The van der Waals surface area contributed by atoms with Crippen LogP contribution < -0.4 is 4.90 Å². The summed E-state index contributed by atoms with van der Waals surface area (Å²) in [7, 11) is 5.49. The first-order valence-corrected chi connectivity index (χ1v) is 5.30. The minimum absolute atomic E-state index is 0.669. The lowest BCUT2D eigenvalue weighted by Crippen LogP contribution is -2.23.